The highest BCUT2D eigenvalue weighted by atomic mass is 35.5. The summed E-state index contributed by atoms with van der Waals surface area (Å²) in [5.41, 5.74) is 0.979. The second-order valence-electron chi connectivity index (χ2n) is 4.22. The summed E-state index contributed by atoms with van der Waals surface area (Å²) < 4.78 is 32.6. The van der Waals surface area contributed by atoms with E-state index in [1.54, 1.807) is 13.1 Å². The lowest BCUT2D eigenvalue weighted by molar-refractivity contribution is 0.396. The number of sulfonamides is 1. The lowest BCUT2D eigenvalue weighted by Crippen LogP contribution is -2.16. The first kappa shape index (κ1) is 15.6. The second-order valence-corrected chi connectivity index (χ2v) is 6.31. The van der Waals surface area contributed by atoms with Crippen molar-refractivity contribution in [2.45, 2.75) is 11.4 Å². The van der Waals surface area contributed by atoms with Crippen molar-refractivity contribution in [3.63, 3.8) is 0 Å². The predicted molar refractivity (Wildman–Crippen MR) is 80.2 cm³/mol. The number of rotatable bonds is 6. The molecule has 0 saturated heterocycles. The molecule has 0 bridgehead atoms. The number of ether oxygens (including phenoxy) is 1. The molecule has 1 aromatic carbocycles. The standard InChI is InChI=1S/C12H15ClN4O3S/c1-14-5-8-3-9(13)4-11(12(8)20-2)21(18,19)17-10-6-15-16-7-10/h3-4,6-7,14,17H,5H2,1-2H3,(H,15,16). The average molecular weight is 331 g/mol. The van der Waals surface area contributed by atoms with Gasteiger partial charge in [0.25, 0.3) is 10.0 Å². The summed E-state index contributed by atoms with van der Waals surface area (Å²) in [6, 6.07) is 3.01. The number of benzene rings is 1. The molecule has 0 aliphatic carbocycles. The Kier molecular flexibility index (Phi) is 4.71. The molecule has 0 atom stereocenters. The van der Waals surface area contributed by atoms with E-state index in [9.17, 15) is 8.42 Å². The molecule has 0 aliphatic heterocycles. The smallest absolute Gasteiger partial charge is 0.265 e. The highest BCUT2D eigenvalue weighted by molar-refractivity contribution is 7.92. The summed E-state index contributed by atoms with van der Waals surface area (Å²) in [6.45, 7) is 0.429. The SMILES string of the molecule is CNCc1cc(Cl)cc(S(=O)(=O)Nc2cn[nH]c2)c1OC. The van der Waals surface area contributed by atoms with Crippen LogP contribution in [0.5, 0.6) is 5.75 Å². The number of methoxy groups -OCH3 is 1. The zero-order valence-corrected chi connectivity index (χ0v) is 13.0. The third kappa shape index (κ3) is 3.46. The zero-order chi connectivity index (χ0) is 15.5. The highest BCUT2D eigenvalue weighted by Gasteiger charge is 2.23. The van der Waals surface area contributed by atoms with Gasteiger partial charge < -0.3 is 10.1 Å². The van der Waals surface area contributed by atoms with Crippen molar-refractivity contribution in [3.8, 4) is 5.75 Å². The van der Waals surface area contributed by atoms with Crippen molar-refractivity contribution in [1.82, 2.24) is 15.5 Å². The zero-order valence-electron chi connectivity index (χ0n) is 11.5. The van der Waals surface area contributed by atoms with E-state index in [0.29, 0.717) is 22.8 Å². The third-order valence-electron chi connectivity index (χ3n) is 2.71. The Morgan fingerprint density at radius 3 is 2.76 bits per heavy atom. The molecule has 114 valence electrons. The molecule has 0 spiro atoms. The Bertz CT molecular complexity index is 716. The van der Waals surface area contributed by atoms with Crippen LogP contribution in [0.15, 0.2) is 29.4 Å². The molecule has 1 heterocycles. The molecule has 0 fully saturated rings. The van der Waals surface area contributed by atoms with E-state index in [1.807, 2.05) is 0 Å². The van der Waals surface area contributed by atoms with Gasteiger partial charge in [0.1, 0.15) is 10.6 Å². The van der Waals surface area contributed by atoms with Gasteiger partial charge in [-0.3, -0.25) is 9.82 Å². The van der Waals surface area contributed by atoms with Gasteiger partial charge in [-0.25, -0.2) is 8.42 Å². The molecule has 0 radical (unpaired) electrons. The summed E-state index contributed by atoms with van der Waals surface area (Å²) in [5, 5.41) is 9.47. The highest BCUT2D eigenvalue weighted by Crippen LogP contribution is 2.32. The topological polar surface area (TPSA) is 96.1 Å². The Hall–Kier alpha value is -1.77. The molecular weight excluding hydrogens is 316 g/mol. The van der Waals surface area contributed by atoms with Gasteiger partial charge in [0.2, 0.25) is 0 Å². The molecule has 0 aliphatic rings. The number of H-pyrrole nitrogens is 1. The van der Waals surface area contributed by atoms with Gasteiger partial charge in [-0.05, 0) is 19.2 Å². The van der Waals surface area contributed by atoms with Crippen LogP contribution in [-0.2, 0) is 16.6 Å². The number of nitrogens with one attached hydrogen (secondary N) is 3. The Balaban J connectivity index is 2.51. The Morgan fingerprint density at radius 1 is 1.43 bits per heavy atom. The van der Waals surface area contributed by atoms with Crippen LogP contribution in [0.4, 0.5) is 5.69 Å². The number of hydrogen-bond acceptors (Lipinski definition) is 5. The van der Waals surface area contributed by atoms with Crippen LogP contribution in [0.3, 0.4) is 0 Å². The van der Waals surface area contributed by atoms with Crippen LogP contribution in [-0.4, -0.2) is 32.8 Å². The minimum Gasteiger partial charge on any atom is -0.495 e. The molecule has 21 heavy (non-hydrogen) atoms. The fraction of sp³-hybridized carbons (Fsp3) is 0.250. The number of hydrogen-bond donors (Lipinski definition) is 3. The number of halogens is 1. The number of aromatic nitrogens is 2. The molecule has 1 aromatic heterocycles. The van der Waals surface area contributed by atoms with Gasteiger partial charge in [-0.15, -0.1) is 0 Å². The number of aromatic amines is 1. The first-order chi connectivity index (χ1) is 9.97. The fourth-order valence-electron chi connectivity index (χ4n) is 1.89. The molecule has 3 N–H and O–H groups in total. The van der Waals surface area contributed by atoms with E-state index in [0.717, 1.165) is 0 Å². The molecule has 0 amide bonds. The van der Waals surface area contributed by atoms with E-state index in [2.05, 4.69) is 20.2 Å². The van der Waals surface area contributed by atoms with E-state index in [1.165, 1.54) is 25.6 Å². The molecule has 0 saturated carbocycles. The van der Waals surface area contributed by atoms with Crippen LogP contribution in [0.1, 0.15) is 5.56 Å². The van der Waals surface area contributed by atoms with Gasteiger partial charge in [0, 0.05) is 23.3 Å². The van der Waals surface area contributed by atoms with E-state index < -0.39 is 10.0 Å². The molecule has 2 rings (SSSR count). The molecular formula is C12H15ClN4O3S. The summed E-state index contributed by atoms with van der Waals surface area (Å²) in [5.74, 6) is 0.254. The maximum atomic E-state index is 12.5. The van der Waals surface area contributed by atoms with Gasteiger partial charge >= 0.3 is 0 Å². The summed E-state index contributed by atoms with van der Waals surface area (Å²) in [4.78, 5) is -0.0241. The summed E-state index contributed by atoms with van der Waals surface area (Å²) in [7, 11) is -0.672. The third-order valence-corrected chi connectivity index (χ3v) is 4.31. The predicted octanol–water partition coefficient (Wildman–Crippen LogP) is 1.59. The van der Waals surface area contributed by atoms with Crippen molar-refractivity contribution in [1.29, 1.82) is 0 Å². The first-order valence-corrected chi connectivity index (χ1v) is 7.86. The first-order valence-electron chi connectivity index (χ1n) is 6.00. The lowest BCUT2D eigenvalue weighted by Gasteiger charge is -2.15. The van der Waals surface area contributed by atoms with Crippen molar-refractivity contribution in [2.24, 2.45) is 0 Å². The van der Waals surface area contributed by atoms with Gasteiger partial charge in [0.15, 0.2) is 0 Å². The van der Waals surface area contributed by atoms with E-state index >= 15 is 0 Å². The van der Waals surface area contributed by atoms with Crippen molar-refractivity contribution >= 4 is 27.3 Å². The second kappa shape index (κ2) is 6.33. The summed E-state index contributed by atoms with van der Waals surface area (Å²) >= 11 is 6.01. The maximum absolute atomic E-state index is 12.5. The summed E-state index contributed by atoms with van der Waals surface area (Å²) in [6.07, 6.45) is 2.80. The fourth-order valence-corrected chi connectivity index (χ4v) is 3.47. The average Bonchev–Trinajstić information content (AvgIpc) is 2.90. The molecule has 9 heteroatoms. The quantitative estimate of drug-likeness (QED) is 0.747. The maximum Gasteiger partial charge on any atom is 0.265 e. The monoisotopic (exact) mass is 330 g/mol. The normalized spacial score (nSPS) is 11.4. The number of anilines is 1. The largest absolute Gasteiger partial charge is 0.495 e. The van der Waals surface area contributed by atoms with E-state index in [-0.39, 0.29) is 10.6 Å². The molecule has 7 nitrogen and oxygen atoms in total. The van der Waals surface area contributed by atoms with Crippen LogP contribution in [0.25, 0.3) is 0 Å². The van der Waals surface area contributed by atoms with Crippen molar-refractivity contribution < 1.29 is 13.2 Å². The number of nitrogens with zero attached hydrogens (tertiary/aromatic N) is 1. The molecule has 0 unspecified atom stereocenters. The van der Waals surface area contributed by atoms with Crippen molar-refractivity contribution in [2.75, 3.05) is 18.9 Å². The van der Waals surface area contributed by atoms with Crippen LogP contribution >= 0.6 is 11.6 Å². The minimum atomic E-state index is -3.84. The van der Waals surface area contributed by atoms with Gasteiger partial charge in [-0.2, -0.15) is 5.10 Å². The lowest BCUT2D eigenvalue weighted by atomic mass is 10.2. The van der Waals surface area contributed by atoms with Crippen LogP contribution in [0.2, 0.25) is 5.02 Å². The van der Waals surface area contributed by atoms with E-state index in [4.69, 9.17) is 16.3 Å². The van der Waals surface area contributed by atoms with Gasteiger partial charge in [-0.1, -0.05) is 11.6 Å². The minimum absolute atomic E-state index is 0.0241. The van der Waals surface area contributed by atoms with Gasteiger partial charge in [0.05, 0.1) is 19.0 Å². The van der Waals surface area contributed by atoms with Crippen LogP contribution < -0.4 is 14.8 Å². The Morgan fingerprint density at radius 2 is 2.19 bits per heavy atom. The van der Waals surface area contributed by atoms with Crippen LogP contribution in [0, 0.1) is 0 Å². The van der Waals surface area contributed by atoms with Crippen molar-refractivity contribution in [3.05, 3.63) is 35.1 Å². The molecule has 2 aromatic rings. The Labute approximate surface area is 127 Å².